The van der Waals surface area contributed by atoms with Gasteiger partial charge in [-0.3, -0.25) is 9.36 Å². The van der Waals surface area contributed by atoms with Gasteiger partial charge in [-0.1, -0.05) is 0 Å². The lowest BCUT2D eigenvalue weighted by Gasteiger charge is -2.16. The molecule has 0 atom stereocenters. The Balaban J connectivity index is 2.82. The van der Waals surface area contributed by atoms with Crippen molar-refractivity contribution in [3.63, 3.8) is 0 Å². The Kier molecular flexibility index (Phi) is 5.18. The third-order valence-electron chi connectivity index (χ3n) is 3.40. The molecule has 0 saturated carbocycles. The van der Waals surface area contributed by atoms with Gasteiger partial charge in [0.15, 0.2) is 11.5 Å². The summed E-state index contributed by atoms with van der Waals surface area (Å²) in [6.07, 6.45) is 0.751. The molecule has 2 rings (SSSR count). The van der Waals surface area contributed by atoms with E-state index in [2.05, 4.69) is 31.9 Å². The maximum atomic E-state index is 11.3. The van der Waals surface area contributed by atoms with Crippen LogP contribution < -0.4 is 14.2 Å². The Labute approximate surface area is 145 Å². The van der Waals surface area contributed by atoms with Crippen LogP contribution in [0.5, 0.6) is 17.2 Å². The van der Waals surface area contributed by atoms with E-state index in [9.17, 15) is 4.79 Å². The highest BCUT2D eigenvalue weighted by Gasteiger charge is 2.24. The van der Waals surface area contributed by atoms with Gasteiger partial charge in [-0.25, -0.2) is 0 Å². The summed E-state index contributed by atoms with van der Waals surface area (Å²) < 4.78 is 19.2. The molecule has 0 aliphatic rings. The Bertz CT molecular complexity index is 725. The number of hydrogen-bond acceptors (Lipinski definition) is 4. The summed E-state index contributed by atoms with van der Waals surface area (Å²) in [6, 6.07) is 3.66. The lowest BCUT2D eigenvalue weighted by atomic mass is 10.1. The molecule has 0 radical (unpaired) electrons. The van der Waals surface area contributed by atoms with Crippen LogP contribution in [0, 0.1) is 6.92 Å². The zero-order valence-corrected chi connectivity index (χ0v) is 15.7. The summed E-state index contributed by atoms with van der Waals surface area (Å²) in [5.41, 5.74) is 2.37. The fourth-order valence-electron chi connectivity index (χ4n) is 2.30. The minimum absolute atomic E-state index is 0.498. The number of rotatable bonds is 5. The van der Waals surface area contributed by atoms with Crippen LogP contribution >= 0.6 is 31.9 Å². The third kappa shape index (κ3) is 2.52. The van der Waals surface area contributed by atoms with E-state index in [1.54, 1.807) is 27.4 Å². The molecule has 118 valence electrons. The normalized spacial score (nSPS) is 10.5. The fraction of sp³-hybridized carbons (Fsp3) is 0.267. The SMILES string of the molecule is COc1ccc(-c2c(Br)c(C)n(C=O)c2Br)c(OC)c1OC. The summed E-state index contributed by atoms with van der Waals surface area (Å²) in [5.74, 6) is 1.60. The van der Waals surface area contributed by atoms with E-state index in [1.807, 2.05) is 13.0 Å². The number of carbonyl (C=O) groups is 1. The second-order valence-corrected chi connectivity index (χ2v) is 5.97. The first-order valence-electron chi connectivity index (χ1n) is 6.32. The Morgan fingerprint density at radius 1 is 1.05 bits per heavy atom. The second-order valence-electron chi connectivity index (χ2n) is 4.42. The van der Waals surface area contributed by atoms with Gasteiger partial charge in [0.2, 0.25) is 12.2 Å². The maximum absolute atomic E-state index is 11.3. The van der Waals surface area contributed by atoms with Crippen molar-refractivity contribution in [1.29, 1.82) is 0 Å². The van der Waals surface area contributed by atoms with Crippen LogP contribution in [0.4, 0.5) is 0 Å². The summed E-state index contributed by atoms with van der Waals surface area (Å²) in [7, 11) is 4.68. The van der Waals surface area contributed by atoms with Crippen molar-refractivity contribution in [1.82, 2.24) is 4.57 Å². The molecular weight excluding hydrogens is 418 g/mol. The molecule has 5 nitrogen and oxygen atoms in total. The minimum atomic E-state index is 0.498. The highest BCUT2D eigenvalue weighted by Crippen LogP contribution is 2.49. The smallest absolute Gasteiger partial charge is 0.218 e. The lowest BCUT2D eigenvalue weighted by Crippen LogP contribution is -1.98. The standard InChI is InChI=1S/C15H15Br2NO4/c1-8-12(16)11(15(17)18(8)7-19)9-5-6-10(20-2)14(22-4)13(9)21-3/h5-7H,1-4H3. The highest BCUT2D eigenvalue weighted by atomic mass is 79.9. The molecule has 2 aromatic rings. The van der Waals surface area contributed by atoms with Crippen LogP contribution in [-0.2, 0) is 4.79 Å². The lowest BCUT2D eigenvalue weighted by molar-refractivity contribution is 0.325. The van der Waals surface area contributed by atoms with Gasteiger partial charge in [0.05, 0.1) is 21.3 Å². The van der Waals surface area contributed by atoms with Crippen molar-refractivity contribution in [3.8, 4) is 28.4 Å². The topological polar surface area (TPSA) is 49.7 Å². The van der Waals surface area contributed by atoms with Crippen LogP contribution in [-0.4, -0.2) is 32.3 Å². The molecule has 0 N–H and O–H groups in total. The number of aromatic nitrogens is 1. The van der Waals surface area contributed by atoms with Gasteiger partial charge in [0, 0.05) is 21.3 Å². The molecule has 0 aliphatic heterocycles. The molecule has 7 heteroatoms. The molecule has 0 aliphatic carbocycles. The maximum Gasteiger partial charge on any atom is 0.218 e. The third-order valence-corrected chi connectivity index (χ3v) is 5.14. The minimum Gasteiger partial charge on any atom is -0.493 e. The number of carbonyl (C=O) groups excluding carboxylic acids is 1. The number of benzene rings is 1. The molecule has 22 heavy (non-hydrogen) atoms. The zero-order valence-electron chi connectivity index (χ0n) is 12.6. The van der Waals surface area contributed by atoms with Gasteiger partial charge < -0.3 is 14.2 Å². The van der Waals surface area contributed by atoms with Crippen LogP contribution in [0.25, 0.3) is 11.1 Å². The molecular formula is C15H15Br2NO4. The molecule has 1 aromatic heterocycles. The average Bonchev–Trinajstić information content (AvgIpc) is 2.75. The summed E-state index contributed by atoms with van der Waals surface area (Å²) in [5, 5.41) is 0. The Morgan fingerprint density at radius 3 is 2.14 bits per heavy atom. The van der Waals surface area contributed by atoms with Crippen molar-refractivity contribution in [2.75, 3.05) is 21.3 Å². The van der Waals surface area contributed by atoms with E-state index in [4.69, 9.17) is 14.2 Å². The van der Waals surface area contributed by atoms with E-state index in [1.165, 1.54) is 4.57 Å². The van der Waals surface area contributed by atoms with E-state index in [0.29, 0.717) is 21.9 Å². The molecule has 0 saturated heterocycles. The summed E-state index contributed by atoms with van der Waals surface area (Å²) >= 11 is 7.01. The first-order valence-corrected chi connectivity index (χ1v) is 7.90. The monoisotopic (exact) mass is 431 g/mol. The average molecular weight is 433 g/mol. The number of halogens is 2. The van der Waals surface area contributed by atoms with Crippen LogP contribution in [0.1, 0.15) is 5.69 Å². The summed E-state index contributed by atoms with van der Waals surface area (Å²) in [6.45, 7) is 1.85. The molecule has 0 spiro atoms. The van der Waals surface area contributed by atoms with Gasteiger partial charge in [0.25, 0.3) is 0 Å². The zero-order chi connectivity index (χ0) is 16.4. The van der Waals surface area contributed by atoms with Gasteiger partial charge in [0.1, 0.15) is 4.60 Å². The first kappa shape index (κ1) is 16.9. The molecule has 0 fully saturated rings. The molecule has 1 aromatic carbocycles. The molecule has 0 bridgehead atoms. The van der Waals surface area contributed by atoms with E-state index < -0.39 is 0 Å². The van der Waals surface area contributed by atoms with E-state index in [-0.39, 0.29) is 0 Å². The van der Waals surface area contributed by atoms with Gasteiger partial charge in [-0.05, 0) is 50.9 Å². The molecule has 0 amide bonds. The van der Waals surface area contributed by atoms with Crippen molar-refractivity contribution in [2.45, 2.75) is 6.92 Å². The fourth-order valence-corrected chi connectivity index (χ4v) is 3.92. The summed E-state index contributed by atoms with van der Waals surface area (Å²) in [4.78, 5) is 11.3. The van der Waals surface area contributed by atoms with E-state index in [0.717, 1.165) is 27.7 Å². The second kappa shape index (κ2) is 6.75. The largest absolute Gasteiger partial charge is 0.493 e. The van der Waals surface area contributed by atoms with Gasteiger partial charge >= 0.3 is 0 Å². The van der Waals surface area contributed by atoms with Crippen molar-refractivity contribution < 1.29 is 19.0 Å². The van der Waals surface area contributed by atoms with Crippen LogP contribution in [0.15, 0.2) is 21.2 Å². The highest BCUT2D eigenvalue weighted by molar-refractivity contribution is 9.11. The van der Waals surface area contributed by atoms with Crippen LogP contribution in [0.2, 0.25) is 0 Å². The number of ether oxygens (including phenoxy) is 3. The van der Waals surface area contributed by atoms with Crippen molar-refractivity contribution >= 4 is 38.3 Å². The van der Waals surface area contributed by atoms with Crippen molar-refractivity contribution in [3.05, 3.63) is 26.9 Å². The predicted octanol–water partition coefficient (Wildman–Crippen LogP) is 4.05. The Morgan fingerprint density at radius 2 is 1.68 bits per heavy atom. The number of methoxy groups -OCH3 is 3. The molecule has 0 unspecified atom stereocenters. The number of nitrogens with zero attached hydrogens (tertiary/aromatic N) is 1. The van der Waals surface area contributed by atoms with E-state index >= 15 is 0 Å². The molecule has 1 heterocycles. The first-order chi connectivity index (χ1) is 10.5. The van der Waals surface area contributed by atoms with Crippen LogP contribution in [0.3, 0.4) is 0 Å². The van der Waals surface area contributed by atoms with Gasteiger partial charge in [-0.2, -0.15) is 0 Å². The quantitative estimate of drug-likeness (QED) is 0.668. The number of hydrogen-bond donors (Lipinski definition) is 0. The predicted molar refractivity (Wildman–Crippen MR) is 91.8 cm³/mol. The van der Waals surface area contributed by atoms with Gasteiger partial charge in [-0.15, -0.1) is 0 Å². The Hall–Kier alpha value is -1.47. The van der Waals surface area contributed by atoms with Crippen molar-refractivity contribution in [2.24, 2.45) is 0 Å².